The van der Waals surface area contributed by atoms with Crippen LogP contribution in [0.1, 0.15) is 60.1 Å². The number of nitrogens with zero attached hydrogens (tertiary/aromatic N) is 4. The molecule has 188 valence electrons. The van der Waals surface area contributed by atoms with Crippen molar-refractivity contribution < 1.29 is 4.79 Å². The molecule has 6 nitrogen and oxygen atoms in total. The van der Waals surface area contributed by atoms with Gasteiger partial charge in [-0.15, -0.1) is 0 Å². The van der Waals surface area contributed by atoms with Crippen molar-refractivity contribution in [2.75, 3.05) is 5.32 Å². The van der Waals surface area contributed by atoms with Crippen LogP contribution in [0.4, 0.5) is 5.69 Å². The normalized spacial score (nSPS) is 25.9. The van der Waals surface area contributed by atoms with E-state index in [1.807, 2.05) is 64.2 Å². The minimum absolute atomic E-state index is 0.0211. The van der Waals surface area contributed by atoms with Gasteiger partial charge in [0.25, 0.3) is 5.91 Å². The second-order valence-corrected chi connectivity index (χ2v) is 12.3. The molecule has 2 aromatic heterocycles. The molecule has 0 atom stereocenters. The fourth-order valence-electron chi connectivity index (χ4n) is 7.54. The Balaban J connectivity index is 1.19. The molecule has 0 unspecified atom stereocenters. The van der Waals surface area contributed by atoms with Crippen LogP contribution in [-0.4, -0.2) is 25.5 Å². The number of aromatic nitrogens is 4. The molecule has 0 aliphatic heterocycles. The standard InChI is InChI=1S/C30H30BrN5O/c31-24-8-6-20(7-9-24)17-35-18-25(16-32-35)33-29(37)27-19-36(26-4-2-1-3-5-26)34-28(27)30-13-21-10-22(14-30)12-23(11-21)15-30/h1-9,16,18-19,21-23H,10-15,17H2,(H,33,37). The van der Waals surface area contributed by atoms with Crippen LogP contribution < -0.4 is 5.32 Å². The van der Waals surface area contributed by atoms with Gasteiger partial charge in [-0.25, -0.2) is 4.68 Å². The van der Waals surface area contributed by atoms with Crippen molar-refractivity contribution in [1.82, 2.24) is 19.6 Å². The number of para-hydroxylation sites is 1. The minimum Gasteiger partial charge on any atom is -0.319 e. The molecule has 0 spiro atoms. The van der Waals surface area contributed by atoms with Gasteiger partial charge in [-0.2, -0.15) is 10.2 Å². The molecule has 0 radical (unpaired) electrons. The summed E-state index contributed by atoms with van der Waals surface area (Å²) in [6, 6.07) is 18.3. The second kappa shape index (κ2) is 8.98. The number of carbonyl (C=O) groups is 1. The monoisotopic (exact) mass is 555 g/mol. The van der Waals surface area contributed by atoms with Gasteiger partial charge in [0.15, 0.2) is 0 Å². The molecular formula is C30H30BrN5O. The van der Waals surface area contributed by atoms with Gasteiger partial charge in [-0.05, 0) is 86.1 Å². The van der Waals surface area contributed by atoms with Crippen molar-refractivity contribution in [3.8, 4) is 5.69 Å². The van der Waals surface area contributed by atoms with Crippen molar-refractivity contribution in [1.29, 1.82) is 0 Å². The van der Waals surface area contributed by atoms with Gasteiger partial charge >= 0.3 is 0 Å². The van der Waals surface area contributed by atoms with Crippen molar-refractivity contribution in [3.05, 3.63) is 94.5 Å². The van der Waals surface area contributed by atoms with E-state index in [2.05, 4.69) is 38.5 Å². The van der Waals surface area contributed by atoms with E-state index in [1.165, 1.54) is 19.3 Å². The molecule has 1 N–H and O–H groups in total. The van der Waals surface area contributed by atoms with Gasteiger partial charge in [0.05, 0.1) is 35.4 Å². The van der Waals surface area contributed by atoms with Crippen molar-refractivity contribution >= 4 is 27.5 Å². The van der Waals surface area contributed by atoms with E-state index < -0.39 is 0 Å². The van der Waals surface area contributed by atoms with E-state index in [0.29, 0.717) is 17.8 Å². The van der Waals surface area contributed by atoms with Crippen LogP contribution in [0.2, 0.25) is 0 Å². The lowest BCUT2D eigenvalue weighted by atomic mass is 9.48. The van der Waals surface area contributed by atoms with Crippen LogP contribution in [0.15, 0.2) is 77.7 Å². The van der Waals surface area contributed by atoms with Crippen LogP contribution in [0.5, 0.6) is 0 Å². The molecule has 4 saturated carbocycles. The number of hydrogen-bond donors (Lipinski definition) is 1. The summed E-state index contributed by atoms with van der Waals surface area (Å²) in [6.45, 7) is 0.646. The second-order valence-electron chi connectivity index (χ2n) is 11.4. The molecule has 4 aliphatic rings. The van der Waals surface area contributed by atoms with Crippen molar-refractivity contribution in [2.45, 2.75) is 50.5 Å². The number of rotatable bonds is 6. The Labute approximate surface area is 225 Å². The van der Waals surface area contributed by atoms with Crippen LogP contribution in [0.3, 0.4) is 0 Å². The molecule has 8 rings (SSSR count). The van der Waals surface area contributed by atoms with Crippen LogP contribution in [-0.2, 0) is 12.0 Å². The summed E-state index contributed by atoms with van der Waals surface area (Å²) < 4.78 is 4.81. The zero-order valence-corrected chi connectivity index (χ0v) is 22.3. The van der Waals surface area contributed by atoms with E-state index in [9.17, 15) is 4.79 Å². The molecule has 4 fully saturated rings. The molecule has 7 heteroatoms. The Morgan fingerprint density at radius 1 is 0.946 bits per heavy atom. The summed E-state index contributed by atoms with van der Waals surface area (Å²) in [5, 5.41) is 12.7. The zero-order chi connectivity index (χ0) is 25.0. The Bertz CT molecular complexity index is 1400. The van der Waals surface area contributed by atoms with Gasteiger partial charge in [-0.3, -0.25) is 9.48 Å². The minimum atomic E-state index is -0.101. The summed E-state index contributed by atoms with van der Waals surface area (Å²) in [5.74, 6) is 2.23. The lowest BCUT2D eigenvalue weighted by Gasteiger charge is -2.56. The fourth-order valence-corrected chi connectivity index (χ4v) is 7.80. The van der Waals surface area contributed by atoms with E-state index in [0.717, 1.165) is 58.4 Å². The number of anilines is 1. The first kappa shape index (κ1) is 23.0. The fraction of sp³-hybridized carbons (Fsp3) is 0.367. The first-order valence-corrected chi connectivity index (χ1v) is 14.1. The lowest BCUT2D eigenvalue weighted by Crippen LogP contribution is -2.49. The summed E-state index contributed by atoms with van der Waals surface area (Å²) in [4.78, 5) is 13.8. The van der Waals surface area contributed by atoms with Gasteiger partial charge < -0.3 is 5.32 Å². The quantitative estimate of drug-likeness (QED) is 0.291. The van der Waals surface area contributed by atoms with E-state index >= 15 is 0 Å². The average molecular weight is 557 g/mol. The SMILES string of the molecule is O=C(Nc1cnn(Cc2ccc(Br)cc2)c1)c1cn(-c2ccccc2)nc1C12CC3CC(CC(C3)C1)C2. The summed E-state index contributed by atoms with van der Waals surface area (Å²) in [7, 11) is 0. The average Bonchev–Trinajstić information content (AvgIpc) is 3.53. The Morgan fingerprint density at radius 2 is 1.62 bits per heavy atom. The summed E-state index contributed by atoms with van der Waals surface area (Å²) in [5.41, 5.74) is 4.55. The number of hydrogen-bond acceptors (Lipinski definition) is 3. The lowest BCUT2D eigenvalue weighted by molar-refractivity contribution is -0.00765. The maximum absolute atomic E-state index is 13.8. The predicted molar refractivity (Wildman–Crippen MR) is 147 cm³/mol. The molecule has 2 aromatic carbocycles. The summed E-state index contributed by atoms with van der Waals surface area (Å²) in [6.07, 6.45) is 13.1. The topological polar surface area (TPSA) is 64.7 Å². The first-order valence-electron chi connectivity index (χ1n) is 13.3. The number of benzene rings is 2. The first-order chi connectivity index (χ1) is 18.0. The number of carbonyl (C=O) groups excluding carboxylic acids is 1. The summed E-state index contributed by atoms with van der Waals surface area (Å²) >= 11 is 3.48. The van der Waals surface area contributed by atoms with Crippen LogP contribution in [0, 0.1) is 17.8 Å². The van der Waals surface area contributed by atoms with Crippen LogP contribution >= 0.6 is 15.9 Å². The maximum atomic E-state index is 13.8. The molecule has 4 bridgehead atoms. The van der Waals surface area contributed by atoms with E-state index in [1.54, 1.807) is 6.20 Å². The third-order valence-corrected chi connectivity index (χ3v) is 9.20. The largest absolute Gasteiger partial charge is 0.319 e. The molecule has 2 heterocycles. The highest BCUT2D eigenvalue weighted by Crippen LogP contribution is 2.60. The predicted octanol–water partition coefficient (Wildman–Crippen LogP) is 6.60. The third kappa shape index (κ3) is 4.33. The Morgan fingerprint density at radius 3 is 2.30 bits per heavy atom. The highest BCUT2D eigenvalue weighted by atomic mass is 79.9. The molecule has 37 heavy (non-hydrogen) atoms. The van der Waals surface area contributed by atoms with E-state index in [4.69, 9.17) is 5.10 Å². The van der Waals surface area contributed by atoms with E-state index in [-0.39, 0.29) is 11.3 Å². The van der Waals surface area contributed by atoms with Gasteiger partial charge in [0, 0.05) is 22.3 Å². The van der Waals surface area contributed by atoms with Crippen molar-refractivity contribution in [2.24, 2.45) is 17.8 Å². The van der Waals surface area contributed by atoms with Gasteiger partial charge in [0.2, 0.25) is 0 Å². The third-order valence-electron chi connectivity index (χ3n) is 8.67. The molecule has 0 saturated heterocycles. The number of nitrogens with one attached hydrogen (secondary N) is 1. The molecule has 4 aromatic rings. The van der Waals surface area contributed by atoms with Gasteiger partial charge in [0.1, 0.15) is 0 Å². The number of halogens is 1. The molecule has 1 amide bonds. The maximum Gasteiger partial charge on any atom is 0.259 e. The Hall–Kier alpha value is -3.19. The molecule has 4 aliphatic carbocycles. The number of amides is 1. The highest BCUT2D eigenvalue weighted by molar-refractivity contribution is 9.10. The highest BCUT2D eigenvalue weighted by Gasteiger charge is 2.53. The zero-order valence-electron chi connectivity index (χ0n) is 20.7. The van der Waals surface area contributed by atoms with Gasteiger partial charge in [-0.1, -0.05) is 46.3 Å². The van der Waals surface area contributed by atoms with Crippen molar-refractivity contribution in [3.63, 3.8) is 0 Å². The molecular weight excluding hydrogens is 526 g/mol. The van der Waals surface area contributed by atoms with Crippen LogP contribution in [0.25, 0.3) is 5.69 Å². The smallest absolute Gasteiger partial charge is 0.259 e. The Kier molecular flexibility index (Phi) is 5.57.